The molecule has 2 amide bonds. The monoisotopic (exact) mass is 444 g/mol. The third kappa shape index (κ3) is 5.23. The number of fused-ring (bicyclic) bond motifs is 1. The van der Waals surface area contributed by atoms with Crippen LogP contribution < -0.4 is 30.2 Å². The van der Waals surface area contributed by atoms with Gasteiger partial charge in [-0.1, -0.05) is 0 Å². The number of rotatable bonds is 7. The predicted molar refractivity (Wildman–Crippen MR) is 121 cm³/mol. The van der Waals surface area contributed by atoms with E-state index in [4.69, 9.17) is 14.2 Å². The third-order valence-corrected chi connectivity index (χ3v) is 7.49. The van der Waals surface area contributed by atoms with Crippen molar-refractivity contribution in [3.05, 3.63) is 47.5 Å². The van der Waals surface area contributed by atoms with Crippen molar-refractivity contribution in [3.8, 4) is 17.2 Å². The summed E-state index contributed by atoms with van der Waals surface area (Å²) in [5.74, 6) is 4.46. The molecule has 4 rings (SSSR count). The van der Waals surface area contributed by atoms with Crippen molar-refractivity contribution < 1.29 is 23.8 Å². The highest BCUT2D eigenvalue weighted by atomic mass is 32.2. The lowest BCUT2D eigenvalue weighted by Crippen LogP contribution is -2.40. The van der Waals surface area contributed by atoms with Crippen LogP contribution in [0.5, 0.6) is 17.2 Å². The second-order valence-electron chi connectivity index (χ2n) is 7.17. The first-order valence-corrected chi connectivity index (χ1v) is 11.9. The second-order valence-corrected chi connectivity index (χ2v) is 9.62. The van der Waals surface area contributed by atoms with Gasteiger partial charge in [0.15, 0.2) is 11.5 Å². The summed E-state index contributed by atoms with van der Waals surface area (Å²) < 4.78 is 16.0. The summed E-state index contributed by atoms with van der Waals surface area (Å²) in [5.41, 5.74) is 1.42. The molecule has 2 heterocycles. The number of carbonyl (C=O) groups is 2. The Labute approximate surface area is 184 Å². The molecule has 3 N–H and O–H groups in total. The van der Waals surface area contributed by atoms with E-state index in [2.05, 4.69) is 16.0 Å². The minimum absolute atomic E-state index is 0.152. The van der Waals surface area contributed by atoms with Gasteiger partial charge >= 0.3 is 0 Å². The quantitative estimate of drug-likeness (QED) is 0.562. The molecule has 0 saturated carbocycles. The molecule has 2 aromatic rings. The summed E-state index contributed by atoms with van der Waals surface area (Å²) in [7, 11) is 1.88. The lowest BCUT2D eigenvalue weighted by molar-refractivity contribution is 0.0952. The van der Waals surface area contributed by atoms with Crippen LogP contribution in [0.25, 0.3) is 0 Å². The van der Waals surface area contributed by atoms with Crippen LogP contribution in [0.2, 0.25) is 0 Å². The number of ether oxygens (including phenoxy) is 3. The molecule has 31 heavy (non-hydrogen) atoms. The van der Waals surface area contributed by atoms with Crippen LogP contribution in [-0.4, -0.2) is 62.6 Å². The molecule has 0 aliphatic carbocycles. The Morgan fingerprint density at radius 2 is 1.87 bits per heavy atom. The zero-order chi connectivity index (χ0) is 21.6. The summed E-state index contributed by atoms with van der Waals surface area (Å²) >= 11 is 0. The summed E-state index contributed by atoms with van der Waals surface area (Å²) in [6.45, 7) is 2.92. The minimum Gasteiger partial charge on any atom is -0.496 e. The highest BCUT2D eigenvalue weighted by Gasteiger charge is 2.22. The van der Waals surface area contributed by atoms with E-state index in [0.717, 1.165) is 18.8 Å². The summed E-state index contributed by atoms with van der Waals surface area (Å²) in [5, 5.41) is 9.17. The highest BCUT2D eigenvalue weighted by molar-refractivity contribution is 7.96. The molecular formula is C22H26N3O5S+. The Morgan fingerprint density at radius 1 is 1.06 bits per heavy atom. The zero-order valence-corrected chi connectivity index (χ0v) is 18.2. The van der Waals surface area contributed by atoms with Crippen molar-refractivity contribution in [1.29, 1.82) is 0 Å². The van der Waals surface area contributed by atoms with Crippen LogP contribution in [0.4, 0.5) is 5.69 Å². The maximum atomic E-state index is 12.6. The Hall–Kier alpha value is -2.91. The lowest BCUT2D eigenvalue weighted by Gasteiger charge is -2.15. The zero-order valence-electron chi connectivity index (χ0n) is 17.4. The van der Waals surface area contributed by atoms with Crippen molar-refractivity contribution >= 4 is 28.4 Å². The van der Waals surface area contributed by atoms with Gasteiger partial charge in [0.2, 0.25) is 6.79 Å². The van der Waals surface area contributed by atoms with Crippen LogP contribution in [0.15, 0.2) is 36.4 Å². The molecule has 8 nitrogen and oxygen atoms in total. The lowest BCUT2D eigenvalue weighted by atomic mass is 10.1. The first kappa shape index (κ1) is 21.3. The summed E-state index contributed by atoms with van der Waals surface area (Å²) in [6.07, 6.45) is 0. The molecule has 0 bridgehead atoms. The molecule has 0 aromatic heterocycles. The Bertz CT molecular complexity index is 962. The van der Waals surface area contributed by atoms with Gasteiger partial charge in [0.05, 0.1) is 19.2 Å². The van der Waals surface area contributed by atoms with Crippen LogP contribution in [-0.2, 0) is 10.9 Å². The molecule has 2 aliphatic heterocycles. The van der Waals surface area contributed by atoms with Crippen LogP contribution >= 0.6 is 0 Å². The first-order valence-electron chi connectivity index (χ1n) is 10.2. The van der Waals surface area contributed by atoms with Gasteiger partial charge in [-0.05, 0) is 41.2 Å². The number of hydrogen-bond acceptors (Lipinski definition) is 6. The molecule has 0 unspecified atom stereocenters. The molecular weight excluding hydrogens is 418 g/mol. The molecule has 1 saturated heterocycles. The minimum atomic E-state index is -0.291. The smallest absolute Gasteiger partial charge is 0.255 e. The van der Waals surface area contributed by atoms with Crippen molar-refractivity contribution in [2.75, 3.05) is 56.1 Å². The fourth-order valence-corrected chi connectivity index (χ4v) is 5.34. The Balaban J connectivity index is 1.36. The van der Waals surface area contributed by atoms with Gasteiger partial charge in [-0.25, -0.2) is 0 Å². The van der Waals surface area contributed by atoms with E-state index in [0.29, 0.717) is 51.5 Å². The molecule has 9 heteroatoms. The van der Waals surface area contributed by atoms with Crippen molar-refractivity contribution in [1.82, 2.24) is 10.6 Å². The largest absolute Gasteiger partial charge is 0.496 e. The van der Waals surface area contributed by atoms with Gasteiger partial charge in [0.1, 0.15) is 23.0 Å². The maximum absolute atomic E-state index is 12.6. The Kier molecular flexibility index (Phi) is 6.83. The number of methoxy groups -OCH3 is 1. The highest BCUT2D eigenvalue weighted by Crippen LogP contribution is 2.33. The molecule has 164 valence electrons. The van der Waals surface area contributed by atoms with Gasteiger partial charge in [0.25, 0.3) is 11.8 Å². The molecule has 0 atom stereocenters. The molecule has 1 fully saturated rings. The number of hydrogen-bond donors (Lipinski definition) is 3. The van der Waals surface area contributed by atoms with Gasteiger partial charge < -0.3 is 30.2 Å². The van der Waals surface area contributed by atoms with Gasteiger partial charge in [-0.2, -0.15) is 0 Å². The predicted octanol–water partition coefficient (Wildman–Crippen LogP) is 1.63. The van der Waals surface area contributed by atoms with E-state index in [1.165, 1.54) is 18.6 Å². The standard InChI is InChI=1S/C22H25N3O5S/c1-28-19-13-16(25-21(26)15-2-5-18-20(12-15)30-14-29-18)3-4-17(19)22(27)24-8-11-31-9-6-23-7-10-31/h2-5,12-13,23H,6-11,14H2,1H3,(H-,24,25,26,27)/p+1. The Morgan fingerprint density at radius 3 is 2.68 bits per heavy atom. The number of benzene rings is 2. The SMILES string of the molecule is COc1cc(NC(=O)c2ccc3c(c2)OCO3)ccc1C(=O)NCC[S+]1CCNCC1. The second kappa shape index (κ2) is 9.93. The van der Waals surface area contributed by atoms with Gasteiger partial charge in [0, 0.05) is 30.4 Å². The van der Waals surface area contributed by atoms with E-state index in [1.54, 1.807) is 36.4 Å². The van der Waals surface area contributed by atoms with Crippen molar-refractivity contribution in [2.45, 2.75) is 0 Å². The van der Waals surface area contributed by atoms with E-state index in [1.807, 2.05) is 0 Å². The van der Waals surface area contributed by atoms with Crippen molar-refractivity contribution in [2.24, 2.45) is 0 Å². The molecule has 0 spiro atoms. The van der Waals surface area contributed by atoms with Gasteiger partial charge in [-0.15, -0.1) is 0 Å². The number of anilines is 1. The average Bonchev–Trinajstić information content (AvgIpc) is 3.27. The van der Waals surface area contributed by atoms with E-state index >= 15 is 0 Å². The van der Waals surface area contributed by atoms with Gasteiger partial charge in [-0.3, -0.25) is 9.59 Å². The van der Waals surface area contributed by atoms with Crippen LogP contribution in [0.1, 0.15) is 20.7 Å². The topological polar surface area (TPSA) is 97.9 Å². The summed E-state index contributed by atoms with van der Waals surface area (Å²) in [6, 6.07) is 10.0. The maximum Gasteiger partial charge on any atom is 0.255 e. The fraction of sp³-hybridized carbons (Fsp3) is 0.364. The first-order chi connectivity index (χ1) is 15.1. The molecule has 0 radical (unpaired) electrons. The average molecular weight is 445 g/mol. The van der Waals surface area contributed by atoms with Crippen LogP contribution in [0, 0.1) is 0 Å². The number of nitrogens with one attached hydrogen (secondary N) is 3. The van der Waals surface area contributed by atoms with E-state index in [9.17, 15) is 9.59 Å². The van der Waals surface area contributed by atoms with Crippen molar-refractivity contribution in [3.63, 3.8) is 0 Å². The fourth-order valence-electron chi connectivity index (χ4n) is 3.47. The number of amides is 2. The van der Waals surface area contributed by atoms with E-state index in [-0.39, 0.29) is 18.6 Å². The van der Waals surface area contributed by atoms with Crippen LogP contribution in [0.3, 0.4) is 0 Å². The summed E-state index contributed by atoms with van der Waals surface area (Å²) in [4.78, 5) is 25.2. The number of carbonyl (C=O) groups excluding carboxylic acids is 2. The molecule has 2 aromatic carbocycles. The van der Waals surface area contributed by atoms with E-state index < -0.39 is 0 Å². The third-order valence-electron chi connectivity index (χ3n) is 5.15. The molecule has 2 aliphatic rings. The normalized spacial score (nSPS) is 15.4.